The van der Waals surface area contributed by atoms with Crippen LogP contribution in [0.1, 0.15) is 43.2 Å². The number of thiophene rings is 1. The number of carbonyl (C=O) groups is 2. The summed E-state index contributed by atoms with van der Waals surface area (Å²) in [6, 6.07) is 7.50. The van der Waals surface area contributed by atoms with Crippen LogP contribution >= 0.6 is 11.3 Å². The van der Waals surface area contributed by atoms with Gasteiger partial charge in [-0.1, -0.05) is 25.8 Å². The topological polar surface area (TPSA) is 74.6 Å². The van der Waals surface area contributed by atoms with Gasteiger partial charge in [0.2, 0.25) is 5.91 Å². The number of urea groups is 1. The molecule has 3 rings (SSSR count). The van der Waals surface area contributed by atoms with Crippen molar-refractivity contribution in [2.24, 2.45) is 5.92 Å². The van der Waals surface area contributed by atoms with E-state index >= 15 is 0 Å². The summed E-state index contributed by atoms with van der Waals surface area (Å²) in [6.07, 6.45) is 6.06. The zero-order valence-corrected chi connectivity index (χ0v) is 16.5. The predicted molar refractivity (Wildman–Crippen MR) is 105 cm³/mol. The highest BCUT2D eigenvalue weighted by Gasteiger charge is 2.24. The molecule has 0 bridgehead atoms. The van der Waals surface area contributed by atoms with E-state index in [1.807, 2.05) is 34.5 Å². The highest BCUT2D eigenvalue weighted by Crippen LogP contribution is 2.23. The standard InChI is InChI=1S/C20H27N3O3S/c1-15-6-2-3-9-18(15)21-20(25)22-19(24)14-23(12-16-7-4-10-26-16)13-17-8-5-11-27-17/h4-5,7-8,10-11,15,18H,2-3,6,9,12-14H2,1H3,(H2,21,22,24,25). The molecule has 2 aromatic heterocycles. The first-order valence-electron chi connectivity index (χ1n) is 9.47. The first kappa shape index (κ1) is 19.6. The molecule has 27 heavy (non-hydrogen) atoms. The van der Waals surface area contributed by atoms with Crippen molar-refractivity contribution in [2.75, 3.05) is 6.54 Å². The Kier molecular flexibility index (Phi) is 7.06. The maximum atomic E-state index is 12.4. The molecule has 0 radical (unpaired) electrons. The molecule has 2 unspecified atom stereocenters. The summed E-state index contributed by atoms with van der Waals surface area (Å²) < 4.78 is 5.41. The molecule has 0 aliphatic heterocycles. The molecule has 1 fully saturated rings. The van der Waals surface area contributed by atoms with Gasteiger partial charge in [-0.05, 0) is 42.3 Å². The van der Waals surface area contributed by atoms with E-state index in [1.165, 1.54) is 6.42 Å². The van der Waals surface area contributed by atoms with Crippen molar-refractivity contribution in [1.82, 2.24) is 15.5 Å². The summed E-state index contributed by atoms with van der Waals surface area (Å²) in [5, 5.41) is 7.45. The number of amides is 3. The van der Waals surface area contributed by atoms with E-state index in [-0.39, 0.29) is 18.5 Å². The third-order valence-corrected chi connectivity index (χ3v) is 5.83. The number of nitrogens with zero attached hydrogens (tertiary/aromatic N) is 1. The number of rotatable bonds is 7. The van der Waals surface area contributed by atoms with Crippen molar-refractivity contribution < 1.29 is 14.0 Å². The zero-order chi connectivity index (χ0) is 19.1. The summed E-state index contributed by atoms with van der Waals surface area (Å²) in [5.74, 6) is 0.938. The lowest BCUT2D eigenvalue weighted by molar-refractivity contribution is -0.121. The van der Waals surface area contributed by atoms with Crippen molar-refractivity contribution >= 4 is 23.3 Å². The first-order valence-corrected chi connectivity index (χ1v) is 10.4. The van der Waals surface area contributed by atoms with Crippen molar-refractivity contribution in [1.29, 1.82) is 0 Å². The van der Waals surface area contributed by atoms with Gasteiger partial charge in [0, 0.05) is 17.5 Å². The van der Waals surface area contributed by atoms with Gasteiger partial charge in [-0.3, -0.25) is 15.0 Å². The Morgan fingerprint density at radius 3 is 2.78 bits per heavy atom. The van der Waals surface area contributed by atoms with E-state index in [4.69, 9.17) is 4.42 Å². The molecule has 3 amide bonds. The Balaban J connectivity index is 1.52. The van der Waals surface area contributed by atoms with Gasteiger partial charge in [-0.2, -0.15) is 0 Å². The number of imide groups is 1. The van der Waals surface area contributed by atoms with Crippen LogP contribution in [0.15, 0.2) is 40.3 Å². The molecule has 1 saturated carbocycles. The van der Waals surface area contributed by atoms with Crippen LogP contribution in [0.2, 0.25) is 0 Å². The first-order chi connectivity index (χ1) is 13.1. The van der Waals surface area contributed by atoms with E-state index in [9.17, 15) is 9.59 Å². The molecule has 0 saturated heterocycles. The largest absolute Gasteiger partial charge is 0.468 e. The Bertz CT molecular complexity index is 679. The molecule has 2 atom stereocenters. The van der Waals surface area contributed by atoms with Gasteiger partial charge in [0.15, 0.2) is 0 Å². The number of nitrogens with one attached hydrogen (secondary N) is 2. The summed E-state index contributed by atoms with van der Waals surface area (Å²) in [5.41, 5.74) is 0. The molecule has 0 spiro atoms. The second-order valence-electron chi connectivity index (χ2n) is 7.19. The minimum atomic E-state index is -0.396. The summed E-state index contributed by atoms with van der Waals surface area (Å²) in [6.45, 7) is 3.43. The lowest BCUT2D eigenvalue weighted by Gasteiger charge is -2.29. The van der Waals surface area contributed by atoms with Crippen LogP contribution in [0.5, 0.6) is 0 Å². The van der Waals surface area contributed by atoms with Crippen molar-refractivity contribution in [3.63, 3.8) is 0 Å². The monoisotopic (exact) mass is 389 g/mol. The summed E-state index contributed by atoms with van der Waals surface area (Å²) in [4.78, 5) is 27.7. The van der Waals surface area contributed by atoms with Crippen LogP contribution in [-0.2, 0) is 17.9 Å². The van der Waals surface area contributed by atoms with Crippen LogP contribution in [-0.4, -0.2) is 29.4 Å². The van der Waals surface area contributed by atoms with Crippen LogP contribution in [0, 0.1) is 5.92 Å². The van der Waals surface area contributed by atoms with Crippen LogP contribution < -0.4 is 10.6 Å². The van der Waals surface area contributed by atoms with Gasteiger partial charge in [0.25, 0.3) is 0 Å². The Hall–Kier alpha value is -2.12. The van der Waals surface area contributed by atoms with Gasteiger partial charge in [-0.25, -0.2) is 4.79 Å². The van der Waals surface area contributed by atoms with E-state index in [1.54, 1.807) is 17.6 Å². The molecule has 0 aromatic carbocycles. The minimum absolute atomic E-state index is 0.131. The fourth-order valence-corrected chi connectivity index (χ4v) is 4.26. The number of hydrogen-bond acceptors (Lipinski definition) is 5. The number of hydrogen-bond donors (Lipinski definition) is 2. The van der Waals surface area contributed by atoms with Crippen LogP contribution in [0.25, 0.3) is 0 Å². The molecule has 2 aromatic rings. The molecule has 2 heterocycles. The third-order valence-electron chi connectivity index (χ3n) is 4.97. The molecular weight excluding hydrogens is 362 g/mol. The van der Waals surface area contributed by atoms with Crippen LogP contribution in [0.3, 0.4) is 0 Å². The highest BCUT2D eigenvalue weighted by atomic mass is 32.1. The van der Waals surface area contributed by atoms with Gasteiger partial charge in [0.05, 0.1) is 19.4 Å². The summed E-state index contributed by atoms with van der Waals surface area (Å²) in [7, 11) is 0. The molecular formula is C20H27N3O3S. The normalized spacial score (nSPS) is 19.8. The van der Waals surface area contributed by atoms with Gasteiger partial charge < -0.3 is 9.73 Å². The van der Waals surface area contributed by atoms with Crippen molar-refractivity contribution in [3.8, 4) is 0 Å². The average Bonchev–Trinajstić information content (AvgIpc) is 3.31. The van der Waals surface area contributed by atoms with E-state index in [0.29, 0.717) is 19.0 Å². The fourth-order valence-electron chi connectivity index (χ4n) is 3.52. The molecule has 146 valence electrons. The second-order valence-corrected chi connectivity index (χ2v) is 8.23. The van der Waals surface area contributed by atoms with E-state index in [2.05, 4.69) is 17.6 Å². The predicted octanol–water partition coefficient (Wildman–Crippen LogP) is 3.75. The Morgan fingerprint density at radius 1 is 1.22 bits per heavy atom. The zero-order valence-electron chi connectivity index (χ0n) is 15.6. The fraction of sp³-hybridized carbons (Fsp3) is 0.500. The van der Waals surface area contributed by atoms with Crippen molar-refractivity contribution in [2.45, 2.75) is 51.7 Å². The van der Waals surface area contributed by atoms with E-state index in [0.717, 1.165) is 29.9 Å². The van der Waals surface area contributed by atoms with E-state index < -0.39 is 6.03 Å². The van der Waals surface area contributed by atoms with Gasteiger partial charge >= 0.3 is 6.03 Å². The van der Waals surface area contributed by atoms with Gasteiger partial charge in [0.1, 0.15) is 5.76 Å². The molecule has 1 aliphatic carbocycles. The minimum Gasteiger partial charge on any atom is -0.468 e. The quantitative estimate of drug-likeness (QED) is 0.756. The smallest absolute Gasteiger partial charge is 0.321 e. The van der Waals surface area contributed by atoms with Crippen molar-refractivity contribution in [3.05, 3.63) is 46.5 Å². The SMILES string of the molecule is CC1CCCCC1NC(=O)NC(=O)CN(Cc1ccco1)Cc1cccs1. The second kappa shape index (κ2) is 9.71. The number of furan rings is 1. The third kappa shape index (κ3) is 6.22. The van der Waals surface area contributed by atoms with Gasteiger partial charge in [-0.15, -0.1) is 11.3 Å². The lowest BCUT2D eigenvalue weighted by atomic mass is 9.86. The highest BCUT2D eigenvalue weighted by molar-refractivity contribution is 7.09. The molecule has 2 N–H and O–H groups in total. The summed E-state index contributed by atoms with van der Waals surface area (Å²) >= 11 is 1.65. The lowest BCUT2D eigenvalue weighted by Crippen LogP contribution is -2.49. The Labute approximate surface area is 163 Å². The molecule has 6 nitrogen and oxygen atoms in total. The maximum Gasteiger partial charge on any atom is 0.321 e. The Morgan fingerprint density at radius 2 is 2.07 bits per heavy atom. The number of carbonyl (C=O) groups excluding carboxylic acids is 2. The maximum absolute atomic E-state index is 12.4. The molecule has 1 aliphatic rings. The average molecular weight is 390 g/mol. The van der Waals surface area contributed by atoms with Crippen LogP contribution in [0.4, 0.5) is 4.79 Å². The molecule has 7 heteroatoms.